The number of nitrogens with zero attached hydrogens (tertiary/aromatic N) is 3. The van der Waals surface area contributed by atoms with Gasteiger partial charge in [0.25, 0.3) is 0 Å². The molecule has 2 bridgehead atoms. The molecule has 1 aromatic heterocycles. The lowest BCUT2D eigenvalue weighted by Gasteiger charge is -2.62. The van der Waals surface area contributed by atoms with E-state index in [1.54, 1.807) is 24.0 Å². The molecule has 1 aliphatic carbocycles. The summed E-state index contributed by atoms with van der Waals surface area (Å²) in [6, 6.07) is 5.13. The number of urea groups is 1. The third kappa shape index (κ3) is 3.83. The van der Waals surface area contributed by atoms with E-state index in [-0.39, 0.29) is 23.9 Å². The molecule has 0 spiro atoms. The van der Waals surface area contributed by atoms with Crippen LogP contribution in [0.25, 0.3) is 11.4 Å². The first kappa shape index (κ1) is 21.9. The number of rotatable bonds is 4. The number of ether oxygens (including phenoxy) is 1. The summed E-state index contributed by atoms with van der Waals surface area (Å²) < 4.78 is 18.7. The van der Waals surface area contributed by atoms with Crippen molar-refractivity contribution in [2.45, 2.75) is 58.0 Å². The Morgan fingerprint density at radius 3 is 2.72 bits per heavy atom. The van der Waals surface area contributed by atoms with Crippen molar-refractivity contribution in [3.63, 3.8) is 0 Å². The standard InChI is InChI=1S/C23H27FN6O2/c1-4-19(25)32-21(26)23-9-13(2)7-17(10-23)30(23)22(31)29-16-6-5-14(3)18(8-16)20-27-11-15(24)12-28-20/h5-6,8,11-13,17,25-26H,4,7,9-10H2,1-3H3,(H,29,31)/t13-,17?,23?/m0/s1. The topological polar surface area (TPSA) is 115 Å². The Morgan fingerprint density at radius 1 is 1.31 bits per heavy atom. The lowest BCUT2D eigenvalue weighted by Crippen LogP contribution is -2.75. The number of hydrogen-bond acceptors (Lipinski definition) is 6. The maximum atomic E-state index is 13.3. The van der Waals surface area contributed by atoms with Crippen molar-refractivity contribution in [3.8, 4) is 11.4 Å². The fraction of sp³-hybridized carbons (Fsp3) is 0.435. The van der Waals surface area contributed by atoms with E-state index in [4.69, 9.17) is 15.6 Å². The molecule has 1 saturated carbocycles. The van der Waals surface area contributed by atoms with Gasteiger partial charge in [-0.25, -0.2) is 19.2 Å². The number of benzene rings is 1. The summed E-state index contributed by atoms with van der Waals surface area (Å²) in [6.07, 6.45) is 4.79. The van der Waals surface area contributed by atoms with E-state index in [9.17, 15) is 9.18 Å². The number of carbonyl (C=O) groups is 1. The number of likely N-dealkylation sites (tertiary alicyclic amines) is 1. The third-order valence-corrected chi connectivity index (χ3v) is 6.30. The summed E-state index contributed by atoms with van der Waals surface area (Å²) in [6.45, 7) is 5.80. The Morgan fingerprint density at radius 2 is 2.03 bits per heavy atom. The zero-order valence-electron chi connectivity index (χ0n) is 18.4. The van der Waals surface area contributed by atoms with Crippen LogP contribution in [0.4, 0.5) is 14.9 Å². The Kier molecular flexibility index (Phi) is 5.66. The Balaban J connectivity index is 1.57. The predicted molar refractivity (Wildman–Crippen MR) is 119 cm³/mol. The fourth-order valence-corrected chi connectivity index (χ4v) is 4.83. The minimum absolute atomic E-state index is 0.0221. The maximum Gasteiger partial charge on any atom is 0.322 e. The molecule has 2 fully saturated rings. The van der Waals surface area contributed by atoms with Crippen LogP contribution >= 0.6 is 0 Å². The highest BCUT2D eigenvalue weighted by molar-refractivity contribution is 6.01. The van der Waals surface area contributed by atoms with Crippen LogP contribution in [0.2, 0.25) is 0 Å². The second-order valence-corrected chi connectivity index (χ2v) is 8.70. The van der Waals surface area contributed by atoms with Crippen molar-refractivity contribution in [1.82, 2.24) is 14.9 Å². The number of aryl methyl sites for hydroxylation is 1. The average molecular weight is 439 g/mol. The molecule has 1 aromatic carbocycles. The van der Waals surface area contributed by atoms with E-state index >= 15 is 0 Å². The number of fused-ring (bicyclic) bond motifs is 2. The van der Waals surface area contributed by atoms with Crippen molar-refractivity contribution in [2.75, 3.05) is 5.32 Å². The van der Waals surface area contributed by atoms with E-state index in [2.05, 4.69) is 22.2 Å². The van der Waals surface area contributed by atoms with Crippen LogP contribution in [-0.2, 0) is 4.74 Å². The van der Waals surface area contributed by atoms with Gasteiger partial charge in [-0.2, -0.15) is 0 Å². The smallest absolute Gasteiger partial charge is 0.322 e. The maximum absolute atomic E-state index is 13.3. The van der Waals surface area contributed by atoms with Gasteiger partial charge in [-0.1, -0.05) is 19.9 Å². The molecule has 168 valence electrons. The van der Waals surface area contributed by atoms with Crippen molar-refractivity contribution in [1.29, 1.82) is 10.8 Å². The molecule has 1 aliphatic heterocycles. The quantitative estimate of drug-likeness (QED) is 0.472. The molecule has 2 aliphatic rings. The van der Waals surface area contributed by atoms with Gasteiger partial charge >= 0.3 is 6.03 Å². The number of nitrogens with one attached hydrogen (secondary N) is 3. The molecule has 3 N–H and O–H groups in total. The summed E-state index contributed by atoms with van der Waals surface area (Å²) in [5, 5.41) is 19.3. The van der Waals surface area contributed by atoms with Crippen molar-refractivity contribution < 1.29 is 13.9 Å². The highest BCUT2D eigenvalue weighted by Gasteiger charge is 2.62. The van der Waals surface area contributed by atoms with Crippen molar-refractivity contribution in [3.05, 3.63) is 42.0 Å². The van der Waals surface area contributed by atoms with E-state index in [0.717, 1.165) is 24.4 Å². The van der Waals surface area contributed by atoms with Crippen LogP contribution in [0.5, 0.6) is 0 Å². The molecule has 2 unspecified atom stereocenters. The van der Waals surface area contributed by atoms with Crippen LogP contribution in [0.15, 0.2) is 30.6 Å². The molecule has 9 heteroatoms. The second-order valence-electron chi connectivity index (χ2n) is 8.70. The summed E-state index contributed by atoms with van der Waals surface area (Å²) in [5.41, 5.74) is 1.34. The highest BCUT2D eigenvalue weighted by Crippen LogP contribution is 2.50. The van der Waals surface area contributed by atoms with E-state index in [0.29, 0.717) is 42.3 Å². The number of piperidine rings is 1. The number of anilines is 1. The van der Waals surface area contributed by atoms with Gasteiger partial charge in [0.15, 0.2) is 17.5 Å². The first-order valence-electron chi connectivity index (χ1n) is 10.8. The lowest BCUT2D eigenvalue weighted by atomic mass is 9.64. The molecule has 32 heavy (non-hydrogen) atoms. The third-order valence-electron chi connectivity index (χ3n) is 6.30. The Bertz CT molecular complexity index is 1070. The first-order chi connectivity index (χ1) is 15.2. The minimum Gasteiger partial charge on any atom is -0.427 e. The lowest BCUT2D eigenvalue weighted by molar-refractivity contribution is -0.0540. The van der Waals surface area contributed by atoms with Crippen LogP contribution in [0.1, 0.15) is 45.1 Å². The Labute approximate surface area is 186 Å². The molecule has 2 heterocycles. The van der Waals surface area contributed by atoms with Crippen molar-refractivity contribution >= 4 is 23.5 Å². The molecular formula is C23H27FN6O2. The molecule has 8 nitrogen and oxygen atoms in total. The Hall–Kier alpha value is -3.36. The van der Waals surface area contributed by atoms with E-state index in [1.165, 1.54) is 0 Å². The minimum atomic E-state index is -0.818. The zero-order valence-corrected chi connectivity index (χ0v) is 18.4. The van der Waals surface area contributed by atoms with Gasteiger partial charge in [0.05, 0.1) is 12.4 Å². The molecule has 0 radical (unpaired) electrons. The van der Waals surface area contributed by atoms with E-state index < -0.39 is 11.4 Å². The molecule has 3 atom stereocenters. The molecular weight excluding hydrogens is 411 g/mol. The van der Waals surface area contributed by atoms with Crippen LogP contribution in [0.3, 0.4) is 0 Å². The fourth-order valence-electron chi connectivity index (χ4n) is 4.83. The number of hydrogen-bond donors (Lipinski definition) is 3. The molecule has 2 aromatic rings. The van der Waals surface area contributed by atoms with Gasteiger partial charge in [0, 0.05) is 30.1 Å². The summed E-state index contributed by atoms with van der Waals surface area (Å²) >= 11 is 0. The second kappa shape index (κ2) is 8.29. The van der Waals surface area contributed by atoms with E-state index in [1.807, 2.05) is 13.0 Å². The molecule has 2 amide bonds. The largest absolute Gasteiger partial charge is 0.427 e. The number of carbonyl (C=O) groups excluding carboxylic acids is 1. The van der Waals surface area contributed by atoms with Gasteiger partial charge in [0.1, 0.15) is 5.54 Å². The van der Waals surface area contributed by atoms with Gasteiger partial charge in [0.2, 0.25) is 5.90 Å². The summed E-state index contributed by atoms with van der Waals surface area (Å²) in [5.74, 6) is 0.208. The predicted octanol–water partition coefficient (Wildman–Crippen LogP) is 4.75. The van der Waals surface area contributed by atoms with Crippen LogP contribution in [0, 0.1) is 29.5 Å². The van der Waals surface area contributed by atoms with Crippen LogP contribution in [-0.4, -0.2) is 44.3 Å². The average Bonchev–Trinajstić information content (AvgIpc) is 2.74. The number of halogens is 1. The normalized spacial score (nSPS) is 23.8. The number of amides is 2. The first-order valence-corrected chi connectivity index (χ1v) is 10.8. The number of aromatic nitrogens is 2. The SMILES string of the molecule is CCC(=N)OC(=N)C12CC(C[C@H](C)C1)N2C(=O)Nc1ccc(C)c(-c2ncc(F)cn2)c1. The highest BCUT2D eigenvalue weighted by atomic mass is 19.1. The van der Waals surface area contributed by atoms with Gasteiger partial charge < -0.3 is 15.0 Å². The zero-order chi connectivity index (χ0) is 23.0. The van der Waals surface area contributed by atoms with Crippen LogP contribution < -0.4 is 5.32 Å². The summed E-state index contributed by atoms with van der Waals surface area (Å²) in [4.78, 5) is 23.1. The summed E-state index contributed by atoms with van der Waals surface area (Å²) in [7, 11) is 0. The van der Waals surface area contributed by atoms with Crippen molar-refractivity contribution in [2.24, 2.45) is 5.92 Å². The molecule has 4 rings (SSSR count). The monoisotopic (exact) mass is 438 g/mol. The van der Waals surface area contributed by atoms with Gasteiger partial charge in [-0.15, -0.1) is 0 Å². The van der Waals surface area contributed by atoms with Gasteiger partial charge in [-0.05, 0) is 43.4 Å². The van der Waals surface area contributed by atoms with Gasteiger partial charge in [-0.3, -0.25) is 10.8 Å². The molecule has 1 saturated heterocycles.